The van der Waals surface area contributed by atoms with Gasteiger partial charge in [-0.1, -0.05) is 12.1 Å². The lowest BCUT2D eigenvalue weighted by molar-refractivity contribution is -0.160. The molecule has 1 amide bonds. The molecule has 0 bridgehead atoms. The standard InChI is InChI=1S/C17H23NO6/c1-22-12-17(16(20)21)9-5-10-18(17)15(19)8-11-24-14-7-4-3-6-13(14)23-2/h3-4,6-7H,5,8-12H2,1-2H3,(H,20,21). The van der Waals surface area contributed by atoms with Crippen LogP contribution in [-0.2, 0) is 14.3 Å². The fraction of sp³-hybridized carbons (Fsp3) is 0.529. The van der Waals surface area contributed by atoms with E-state index in [0.29, 0.717) is 30.9 Å². The predicted molar refractivity (Wildman–Crippen MR) is 86.3 cm³/mol. The van der Waals surface area contributed by atoms with E-state index in [4.69, 9.17) is 14.2 Å². The topological polar surface area (TPSA) is 85.3 Å². The number of benzene rings is 1. The molecule has 7 nitrogen and oxygen atoms in total. The van der Waals surface area contributed by atoms with Crippen molar-refractivity contribution in [2.75, 3.05) is 34.0 Å². The highest BCUT2D eigenvalue weighted by atomic mass is 16.5. The summed E-state index contributed by atoms with van der Waals surface area (Å²) in [5.74, 6) is -0.135. The van der Waals surface area contributed by atoms with Crippen molar-refractivity contribution >= 4 is 11.9 Å². The summed E-state index contributed by atoms with van der Waals surface area (Å²) in [6, 6.07) is 7.17. The Morgan fingerprint density at radius 3 is 2.58 bits per heavy atom. The van der Waals surface area contributed by atoms with E-state index >= 15 is 0 Å². The lowest BCUT2D eigenvalue weighted by atomic mass is 9.97. The molecule has 1 atom stereocenters. The maximum absolute atomic E-state index is 12.5. The van der Waals surface area contributed by atoms with E-state index in [1.165, 1.54) is 12.0 Å². The van der Waals surface area contributed by atoms with E-state index in [9.17, 15) is 14.7 Å². The predicted octanol–water partition coefficient (Wildman–Crippen LogP) is 1.56. The van der Waals surface area contributed by atoms with Crippen molar-refractivity contribution in [1.29, 1.82) is 0 Å². The number of hydrogen-bond donors (Lipinski definition) is 1. The molecule has 0 radical (unpaired) electrons. The minimum absolute atomic E-state index is 0.0125. The molecule has 24 heavy (non-hydrogen) atoms. The third-order valence-corrected chi connectivity index (χ3v) is 4.21. The molecule has 2 rings (SSSR count). The molecule has 1 saturated heterocycles. The molecule has 0 saturated carbocycles. The first kappa shape index (κ1) is 18.1. The Hall–Kier alpha value is -2.28. The highest BCUT2D eigenvalue weighted by Crippen LogP contribution is 2.31. The van der Waals surface area contributed by atoms with E-state index < -0.39 is 11.5 Å². The van der Waals surface area contributed by atoms with Crippen LogP contribution in [0, 0.1) is 0 Å². The fourth-order valence-corrected chi connectivity index (χ4v) is 3.04. The molecule has 1 aromatic carbocycles. The van der Waals surface area contributed by atoms with Crippen LogP contribution in [0.5, 0.6) is 11.5 Å². The Bertz CT molecular complexity index is 590. The van der Waals surface area contributed by atoms with E-state index in [0.717, 1.165) is 0 Å². The summed E-state index contributed by atoms with van der Waals surface area (Å²) >= 11 is 0. The zero-order valence-electron chi connectivity index (χ0n) is 14.0. The molecule has 0 aliphatic carbocycles. The van der Waals surface area contributed by atoms with Crippen LogP contribution in [-0.4, -0.2) is 61.4 Å². The summed E-state index contributed by atoms with van der Waals surface area (Å²) in [4.78, 5) is 25.6. The average molecular weight is 337 g/mol. The van der Waals surface area contributed by atoms with Crippen molar-refractivity contribution in [3.05, 3.63) is 24.3 Å². The van der Waals surface area contributed by atoms with Gasteiger partial charge in [0.25, 0.3) is 0 Å². The lowest BCUT2D eigenvalue weighted by Gasteiger charge is -2.34. The summed E-state index contributed by atoms with van der Waals surface area (Å²) in [6.45, 7) is 0.559. The van der Waals surface area contributed by atoms with E-state index in [-0.39, 0.29) is 25.5 Å². The fourth-order valence-electron chi connectivity index (χ4n) is 3.04. The SMILES string of the molecule is COCC1(C(=O)O)CCCN1C(=O)CCOc1ccccc1OC. The number of carboxylic acid groups (broad SMARTS) is 1. The molecule has 1 heterocycles. The van der Waals surface area contributed by atoms with Crippen LogP contribution in [0.1, 0.15) is 19.3 Å². The van der Waals surface area contributed by atoms with Gasteiger partial charge in [0.15, 0.2) is 17.0 Å². The quantitative estimate of drug-likeness (QED) is 0.775. The molecule has 1 aliphatic rings. The number of ether oxygens (including phenoxy) is 3. The first-order valence-corrected chi connectivity index (χ1v) is 7.84. The molecule has 1 fully saturated rings. The second-order valence-corrected chi connectivity index (χ2v) is 5.67. The van der Waals surface area contributed by atoms with Crippen LogP contribution < -0.4 is 9.47 Å². The van der Waals surface area contributed by atoms with Crippen LogP contribution in [0.4, 0.5) is 0 Å². The van der Waals surface area contributed by atoms with Crippen molar-refractivity contribution in [3.8, 4) is 11.5 Å². The second kappa shape index (κ2) is 8.01. The van der Waals surface area contributed by atoms with Crippen LogP contribution in [0.25, 0.3) is 0 Å². The first-order chi connectivity index (χ1) is 11.5. The summed E-state index contributed by atoms with van der Waals surface area (Å²) in [6.07, 6.45) is 1.14. The molecule has 1 aliphatic heterocycles. The van der Waals surface area contributed by atoms with Gasteiger partial charge in [0, 0.05) is 13.7 Å². The summed E-state index contributed by atoms with van der Waals surface area (Å²) in [7, 11) is 2.99. The molecular weight excluding hydrogens is 314 g/mol. The average Bonchev–Trinajstić information content (AvgIpc) is 3.00. The minimum Gasteiger partial charge on any atom is -0.493 e. The Kier molecular flexibility index (Phi) is 6.03. The van der Waals surface area contributed by atoms with E-state index in [2.05, 4.69) is 0 Å². The Morgan fingerprint density at radius 2 is 1.96 bits per heavy atom. The summed E-state index contributed by atoms with van der Waals surface area (Å²) in [5.41, 5.74) is -1.27. The number of hydrogen-bond acceptors (Lipinski definition) is 5. The number of carboxylic acids is 1. The molecule has 1 unspecified atom stereocenters. The van der Waals surface area contributed by atoms with Crippen molar-refractivity contribution in [2.45, 2.75) is 24.8 Å². The number of amides is 1. The molecule has 7 heteroatoms. The number of likely N-dealkylation sites (tertiary alicyclic amines) is 1. The minimum atomic E-state index is -1.27. The van der Waals surface area contributed by atoms with Gasteiger partial charge in [-0.15, -0.1) is 0 Å². The van der Waals surface area contributed by atoms with Crippen molar-refractivity contribution < 1.29 is 28.9 Å². The Morgan fingerprint density at radius 1 is 1.25 bits per heavy atom. The van der Waals surface area contributed by atoms with Crippen molar-refractivity contribution in [2.24, 2.45) is 0 Å². The van der Waals surface area contributed by atoms with Crippen LogP contribution in [0.15, 0.2) is 24.3 Å². The van der Waals surface area contributed by atoms with Gasteiger partial charge in [0.2, 0.25) is 5.91 Å². The number of para-hydroxylation sites is 2. The second-order valence-electron chi connectivity index (χ2n) is 5.67. The van der Waals surface area contributed by atoms with E-state index in [1.807, 2.05) is 12.1 Å². The van der Waals surface area contributed by atoms with Gasteiger partial charge in [-0.3, -0.25) is 4.79 Å². The molecule has 1 N–H and O–H groups in total. The molecule has 0 spiro atoms. The number of methoxy groups -OCH3 is 2. The van der Waals surface area contributed by atoms with Gasteiger partial charge >= 0.3 is 5.97 Å². The molecule has 1 aromatic rings. The number of carbonyl (C=O) groups excluding carboxylic acids is 1. The van der Waals surface area contributed by atoms with Gasteiger partial charge in [0.1, 0.15) is 0 Å². The maximum Gasteiger partial charge on any atom is 0.332 e. The normalized spacial score (nSPS) is 20.0. The van der Waals surface area contributed by atoms with Crippen LogP contribution >= 0.6 is 0 Å². The Labute approximate surface area is 141 Å². The zero-order chi connectivity index (χ0) is 17.6. The largest absolute Gasteiger partial charge is 0.493 e. The van der Waals surface area contributed by atoms with Gasteiger partial charge < -0.3 is 24.2 Å². The first-order valence-electron chi connectivity index (χ1n) is 7.84. The van der Waals surface area contributed by atoms with Gasteiger partial charge in [-0.25, -0.2) is 4.79 Å². The van der Waals surface area contributed by atoms with E-state index in [1.54, 1.807) is 19.2 Å². The monoisotopic (exact) mass is 337 g/mol. The third kappa shape index (κ3) is 3.62. The summed E-state index contributed by atoms with van der Waals surface area (Å²) in [5, 5.41) is 9.56. The van der Waals surface area contributed by atoms with Gasteiger partial charge in [0.05, 0.1) is 26.7 Å². The number of nitrogens with zero attached hydrogens (tertiary/aromatic N) is 1. The smallest absolute Gasteiger partial charge is 0.332 e. The van der Waals surface area contributed by atoms with Crippen molar-refractivity contribution in [1.82, 2.24) is 4.90 Å². The molecule has 132 valence electrons. The number of aliphatic carboxylic acids is 1. The van der Waals surface area contributed by atoms with Crippen LogP contribution in [0.3, 0.4) is 0 Å². The highest BCUT2D eigenvalue weighted by Gasteiger charge is 2.49. The van der Waals surface area contributed by atoms with Gasteiger partial charge in [-0.05, 0) is 25.0 Å². The third-order valence-electron chi connectivity index (χ3n) is 4.21. The molecule has 0 aromatic heterocycles. The highest BCUT2D eigenvalue weighted by molar-refractivity contribution is 5.88. The van der Waals surface area contributed by atoms with Gasteiger partial charge in [-0.2, -0.15) is 0 Å². The van der Waals surface area contributed by atoms with Crippen molar-refractivity contribution in [3.63, 3.8) is 0 Å². The Balaban J connectivity index is 1.97. The summed E-state index contributed by atoms with van der Waals surface area (Å²) < 4.78 is 15.8. The maximum atomic E-state index is 12.5. The zero-order valence-corrected chi connectivity index (χ0v) is 14.0. The molecular formula is C17H23NO6. The lowest BCUT2D eigenvalue weighted by Crippen LogP contribution is -2.56. The number of rotatable bonds is 8. The van der Waals surface area contributed by atoms with Crippen LogP contribution in [0.2, 0.25) is 0 Å². The number of carbonyl (C=O) groups is 2.